The lowest BCUT2D eigenvalue weighted by Gasteiger charge is -2.24. The molecule has 3 aromatic heterocycles. The molecule has 8 nitrogen and oxygen atoms in total. The number of rotatable bonds is 3. The molecule has 1 atom stereocenters. The van der Waals surface area contributed by atoms with Gasteiger partial charge in [-0.2, -0.15) is 9.37 Å². The summed E-state index contributed by atoms with van der Waals surface area (Å²) in [6.45, 7) is 0.671. The van der Waals surface area contributed by atoms with Crippen molar-refractivity contribution in [1.29, 1.82) is 0 Å². The minimum atomic E-state index is -0.708. The Balaban J connectivity index is 1.92. The van der Waals surface area contributed by atoms with Crippen molar-refractivity contribution < 1.29 is 13.9 Å². The predicted octanol–water partition coefficient (Wildman–Crippen LogP) is 2.13. The number of halogens is 1. The van der Waals surface area contributed by atoms with Crippen molar-refractivity contribution in [2.24, 2.45) is 0 Å². The molecule has 0 amide bonds. The molecule has 1 aliphatic heterocycles. The van der Waals surface area contributed by atoms with Crippen molar-refractivity contribution in [1.82, 2.24) is 29.5 Å². The SMILES string of the molecule is COc1nc2c(-c3nccnc3F)ncnc2n1C1CCCCO1. The molecule has 0 radical (unpaired) electrons. The smallest absolute Gasteiger partial charge is 0.300 e. The molecule has 0 aliphatic carbocycles. The Hall–Kier alpha value is -2.68. The third-order valence-corrected chi connectivity index (χ3v) is 3.95. The number of ether oxygens (including phenoxy) is 2. The van der Waals surface area contributed by atoms with Crippen LogP contribution in [0.3, 0.4) is 0 Å². The second-order valence-electron chi connectivity index (χ2n) is 5.38. The molecule has 1 saturated heterocycles. The van der Waals surface area contributed by atoms with Crippen LogP contribution in [0.15, 0.2) is 18.7 Å². The second-order valence-corrected chi connectivity index (χ2v) is 5.38. The molecule has 0 N–H and O–H groups in total. The Morgan fingerprint density at radius 1 is 1.17 bits per heavy atom. The molecule has 1 aliphatic rings. The van der Waals surface area contributed by atoms with Crippen LogP contribution in [0, 0.1) is 5.95 Å². The van der Waals surface area contributed by atoms with E-state index in [0.717, 1.165) is 19.3 Å². The van der Waals surface area contributed by atoms with Crippen LogP contribution < -0.4 is 4.74 Å². The molecule has 1 fully saturated rings. The fraction of sp³-hybridized carbons (Fsp3) is 0.400. The van der Waals surface area contributed by atoms with Gasteiger partial charge in [-0.3, -0.25) is 4.57 Å². The molecular formula is C15H15FN6O2. The van der Waals surface area contributed by atoms with Crippen molar-refractivity contribution in [2.45, 2.75) is 25.5 Å². The van der Waals surface area contributed by atoms with Gasteiger partial charge in [0.05, 0.1) is 7.11 Å². The van der Waals surface area contributed by atoms with Gasteiger partial charge in [0.15, 0.2) is 5.65 Å². The normalized spacial score (nSPS) is 18.0. The number of nitrogens with zero attached hydrogens (tertiary/aromatic N) is 6. The maximum atomic E-state index is 14.0. The third kappa shape index (κ3) is 2.37. The molecule has 4 rings (SSSR count). The Kier molecular flexibility index (Phi) is 3.77. The quantitative estimate of drug-likeness (QED) is 0.727. The second kappa shape index (κ2) is 6.08. The van der Waals surface area contributed by atoms with Crippen LogP contribution >= 0.6 is 0 Å². The predicted molar refractivity (Wildman–Crippen MR) is 81.7 cm³/mol. The summed E-state index contributed by atoms with van der Waals surface area (Å²) in [6, 6.07) is 0.350. The summed E-state index contributed by atoms with van der Waals surface area (Å²) in [5.74, 6) is -0.708. The van der Waals surface area contributed by atoms with Gasteiger partial charge < -0.3 is 9.47 Å². The van der Waals surface area contributed by atoms with E-state index in [0.29, 0.717) is 23.8 Å². The van der Waals surface area contributed by atoms with Crippen LogP contribution in [0.25, 0.3) is 22.6 Å². The molecule has 3 aromatic rings. The van der Waals surface area contributed by atoms with Crippen molar-refractivity contribution in [3.05, 3.63) is 24.7 Å². The molecule has 1 unspecified atom stereocenters. The minimum absolute atomic E-state index is 0.0294. The van der Waals surface area contributed by atoms with Gasteiger partial charge in [-0.1, -0.05) is 0 Å². The first-order chi connectivity index (χ1) is 11.8. The molecule has 124 valence electrons. The largest absolute Gasteiger partial charge is 0.468 e. The van der Waals surface area contributed by atoms with E-state index >= 15 is 0 Å². The molecule has 0 saturated carbocycles. The highest BCUT2D eigenvalue weighted by atomic mass is 19.1. The zero-order valence-corrected chi connectivity index (χ0v) is 13.0. The summed E-state index contributed by atoms with van der Waals surface area (Å²) in [5.41, 5.74) is 1.23. The van der Waals surface area contributed by atoms with Gasteiger partial charge in [0, 0.05) is 19.0 Å². The van der Waals surface area contributed by atoms with Crippen molar-refractivity contribution in [3.63, 3.8) is 0 Å². The summed E-state index contributed by atoms with van der Waals surface area (Å²) in [5, 5.41) is 0. The topological polar surface area (TPSA) is 87.8 Å². The summed E-state index contributed by atoms with van der Waals surface area (Å²) in [7, 11) is 1.52. The molecule has 0 bridgehead atoms. The van der Waals surface area contributed by atoms with E-state index in [9.17, 15) is 4.39 Å². The van der Waals surface area contributed by atoms with E-state index in [1.54, 1.807) is 4.57 Å². The molecule has 4 heterocycles. The number of aromatic nitrogens is 6. The standard InChI is InChI=1S/C15H15FN6O2/c1-23-15-21-12-10(11-13(16)18-6-5-17-11)19-8-20-14(12)22(15)9-4-2-3-7-24-9/h5-6,8-9H,2-4,7H2,1H3. The van der Waals surface area contributed by atoms with Crippen LogP contribution in [0.5, 0.6) is 6.01 Å². The lowest BCUT2D eigenvalue weighted by atomic mass is 10.2. The zero-order chi connectivity index (χ0) is 16.5. The van der Waals surface area contributed by atoms with Gasteiger partial charge in [0.25, 0.3) is 0 Å². The van der Waals surface area contributed by atoms with E-state index < -0.39 is 5.95 Å². The first-order valence-corrected chi connectivity index (χ1v) is 7.65. The molecule has 0 aromatic carbocycles. The van der Waals surface area contributed by atoms with Crippen LogP contribution in [-0.2, 0) is 4.74 Å². The first kappa shape index (κ1) is 14.9. The van der Waals surface area contributed by atoms with Crippen LogP contribution in [0.1, 0.15) is 25.5 Å². The van der Waals surface area contributed by atoms with E-state index in [4.69, 9.17) is 9.47 Å². The maximum absolute atomic E-state index is 14.0. The summed E-state index contributed by atoms with van der Waals surface area (Å²) in [6.07, 6.45) is 6.73. The van der Waals surface area contributed by atoms with Crippen molar-refractivity contribution in [3.8, 4) is 17.4 Å². The molecule has 0 spiro atoms. The van der Waals surface area contributed by atoms with E-state index in [-0.39, 0.29) is 17.6 Å². The van der Waals surface area contributed by atoms with E-state index in [1.165, 1.54) is 25.8 Å². The van der Waals surface area contributed by atoms with Crippen LogP contribution in [0.4, 0.5) is 4.39 Å². The average Bonchev–Trinajstić information content (AvgIpc) is 3.01. The van der Waals surface area contributed by atoms with Crippen LogP contribution in [-0.4, -0.2) is 43.2 Å². The fourth-order valence-electron chi connectivity index (χ4n) is 2.87. The van der Waals surface area contributed by atoms with Crippen molar-refractivity contribution in [2.75, 3.05) is 13.7 Å². The van der Waals surface area contributed by atoms with Crippen molar-refractivity contribution >= 4 is 11.2 Å². The van der Waals surface area contributed by atoms with Gasteiger partial charge in [0.2, 0.25) is 5.95 Å². The summed E-state index contributed by atoms with van der Waals surface area (Å²) >= 11 is 0. The van der Waals surface area contributed by atoms with E-state index in [2.05, 4.69) is 24.9 Å². The Bertz CT molecular complexity index is 878. The third-order valence-electron chi connectivity index (χ3n) is 3.95. The summed E-state index contributed by atoms with van der Waals surface area (Å²) < 4.78 is 27.0. The monoisotopic (exact) mass is 330 g/mol. The van der Waals surface area contributed by atoms with Gasteiger partial charge in [-0.15, -0.1) is 0 Å². The number of hydrogen-bond donors (Lipinski definition) is 0. The maximum Gasteiger partial charge on any atom is 0.300 e. The number of fused-ring (bicyclic) bond motifs is 1. The van der Waals surface area contributed by atoms with Gasteiger partial charge in [-0.05, 0) is 19.3 Å². The number of imidazole rings is 1. The zero-order valence-electron chi connectivity index (χ0n) is 13.0. The van der Waals surface area contributed by atoms with Gasteiger partial charge in [-0.25, -0.2) is 19.9 Å². The lowest BCUT2D eigenvalue weighted by Crippen LogP contribution is -2.19. The Labute approximate surface area is 136 Å². The molecule has 24 heavy (non-hydrogen) atoms. The minimum Gasteiger partial charge on any atom is -0.468 e. The summed E-state index contributed by atoms with van der Waals surface area (Å²) in [4.78, 5) is 20.5. The molecular weight excluding hydrogens is 315 g/mol. The Morgan fingerprint density at radius 2 is 2.04 bits per heavy atom. The van der Waals surface area contributed by atoms with Gasteiger partial charge >= 0.3 is 6.01 Å². The van der Waals surface area contributed by atoms with Crippen LogP contribution in [0.2, 0.25) is 0 Å². The highest BCUT2D eigenvalue weighted by molar-refractivity contribution is 5.86. The average molecular weight is 330 g/mol. The van der Waals surface area contributed by atoms with Gasteiger partial charge in [0.1, 0.15) is 29.5 Å². The Morgan fingerprint density at radius 3 is 2.79 bits per heavy atom. The molecule has 9 heteroatoms. The number of hydrogen-bond acceptors (Lipinski definition) is 7. The van der Waals surface area contributed by atoms with E-state index in [1.807, 2.05) is 0 Å². The lowest BCUT2D eigenvalue weighted by molar-refractivity contribution is -0.0334. The fourth-order valence-corrected chi connectivity index (χ4v) is 2.87. The highest BCUT2D eigenvalue weighted by Gasteiger charge is 2.26. The highest BCUT2D eigenvalue weighted by Crippen LogP contribution is 2.33. The first-order valence-electron chi connectivity index (χ1n) is 7.65. The number of methoxy groups -OCH3 is 1.